The van der Waals surface area contributed by atoms with Gasteiger partial charge in [-0.25, -0.2) is 18.6 Å². The Balaban J connectivity index is 3.40. The van der Waals surface area contributed by atoms with E-state index in [0.29, 0.717) is 5.56 Å². The summed E-state index contributed by atoms with van der Waals surface area (Å²) in [5.74, 6) is -2.93. The average molecular weight is 257 g/mol. The van der Waals surface area contributed by atoms with Crippen LogP contribution in [0.1, 0.15) is 18.1 Å². The van der Waals surface area contributed by atoms with Gasteiger partial charge in [-0.2, -0.15) is 0 Å². The minimum atomic E-state index is -3.08. The highest BCUT2D eigenvalue weighted by molar-refractivity contribution is 5.51. The van der Waals surface area contributed by atoms with Gasteiger partial charge in [-0.3, -0.25) is 0 Å². The van der Waals surface area contributed by atoms with E-state index in [4.69, 9.17) is 9.47 Å². The van der Waals surface area contributed by atoms with Crippen LogP contribution in [0.15, 0.2) is 17.1 Å². The number of carbonyl (C=O) groups excluding carboxylic acids is 1. The number of aliphatic imine (C=N–C) groups is 1. The van der Waals surface area contributed by atoms with E-state index in [-0.39, 0.29) is 23.6 Å². The highest BCUT2D eigenvalue weighted by atomic mass is 19.3. The summed E-state index contributed by atoms with van der Waals surface area (Å²) >= 11 is 0. The van der Waals surface area contributed by atoms with Crippen molar-refractivity contribution in [1.82, 2.24) is 0 Å². The summed E-state index contributed by atoms with van der Waals surface area (Å²) in [4.78, 5) is 13.4. The molecule has 0 N–H and O–H groups in total. The van der Waals surface area contributed by atoms with Crippen LogP contribution in [0.3, 0.4) is 0 Å². The quantitative estimate of drug-likeness (QED) is 0.601. The average Bonchev–Trinajstić information content (AvgIpc) is 2.33. The van der Waals surface area contributed by atoms with E-state index in [0.717, 1.165) is 6.92 Å². The summed E-state index contributed by atoms with van der Waals surface area (Å²) in [6.07, 6.45) is 1.36. The zero-order valence-corrected chi connectivity index (χ0v) is 10.3. The Bertz CT molecular complexity index is 477. The fourth-order valence-corrected chi connectivity index (χ4v) is 1.56. The van der Waals surface area contributed by atoms with Crippen LogP contribution in [-0.2, 0) is 17.3 Å². The number of methoxy groups -OCH3 is 2. The van der Waals surface area contributed by atoms with Gasteiger partial charge in [0, 0.05) is 6.92 Å². The topological polar surface area (TPSA) is 47.9 Å². The standard InChI is InChI=1S/C12H13F2NO3/c1-12(13,14)9-4-8(6-15-7-16)5-10(17-2)11(9)18-3/h4-5H,6H2,1-3H3. The van der Waals surface area contributed by atoms with Crippen molar-refractivity contribution in [3.05, 3.63) is 23.3 Å². The molecule has 0 bridgehead atoms. The summed E-state index contributed by atoms with van der Waals surface area (Å²) in [6, 6.07) is 2.73. The smallest absolute Gasteiger partial charge is 0.274 e. The molecule has 98 valence electrons. The van der Waals surface area contributed by atoms with Gasteiger partial charge in [0.2, 0.25) is 6.08 Å². The van der Waals surface area contributed by atoms with Crippen LogP contribution in [0.2, 0.25) is 0 Å². The lowest BCUT2D eigenvalue weighted by atomic mass is 10.0. The minimum absolute atomic E-state index is 0.0242. The maximum atomic E-state index is 13.5. The predicted molar refractivity (Wildman–Crippen MR) is 60.9 cm³/mol. The van der Waals surface area contributed by atoms with E-state index in [1.165, 1.54) is 32.4 Å². The van der Waals surface area contributed by atoms with Crippen molar-refractivity contribution in [2.24, 2.45) is 4.99 Å². The van der Waals surface area contributed by atoms with Gasteiger partial charge in [0.25, 0.3) is 5.92 Å². The van der Waals surface area contributed by atoms with Crippen LogP contribution in [0, 0.1) is 0 Å². The molecule has 0 saturated carbocycles. The minimum Gasteiger partial charge on any atom is -0.493 e. The lowest BCUT2D eigenvalue weighted by Gasteiger charge is -2.18. The number of hydrogen-bond donors (Lipinski definition) is 0. The number of halogens is 2. The van der Waals surface area contributed by atoms with E-state index < -0.39 is 5.92 Å². The van der Waals surface area contributed by atoms with Crippen molar-refractivity contribution >= 4 is 6.08 Å². The first-order valence-corrected chi connectivity index (χ1v) is 5.10. The fourth-order valence-electron chi connectivity index (χ4n) is 1.56. The summed E-state index contributed by atoms with van der Waals surface area (Å²) in [5, 5.41) is 0. The molecule has 0 aliphatic rings. The molecule has 0 saturated heterocycles. The second-order valence-electron chi connectivity index (χ2n) is 3.67. The van der Waals surface area contributed by atoms with Crippen molar-refractivity contribution < 1.29 is 23.0 Å². The molecule has 0 aliphatic carbocycles. The van der Waals surface area contributed by atoms with E-state index in [9.17, 15) is 13.6 Å². The molecule has 6 heteroatoms. The molecule has 18 heavy (non-hydrogen) atoms. The predicted octanol–water partition coefficient (Wildman–Crippen LogP) is 2.65. The third-order valence-electron chi connectivity index (χ3n) is 2.34. The first-order valence-electron chi connectivity index (χ1n) is 5.10. The zero-order chi connectivity index (χ0) is 13.8. The van der Waals surface area contributed by atoms with E-state index >= 15 is 0 Å². The summed E-state index contributed by atoms with van der Waals surface area (Å²) in [5.41, 5.74) is 0.118. The Morgan fingerprint density at radius 2 is 2.00 bits per heavy atom. The molecule has 1 rings (SSSR count). The van der Waals surface area contributed by atoms with Crippen molar-refractivity contribution in [2.75, 3.05) is 14.2 Å². The Morgan fingerprint density at radius 1 is 1.33 bits per heavy atom. The third-order valence-corrected chi connectivity index (χ3v) is 2.34. The van der Waals surface area contributed by atoms with Crippen molar-refractivity contribution in [1.29, 1.82) is 0 Å². The highest BCUT2D eigenvalue weighted by Crippen LogP contribution is 2.41. The molecular formula is C12H13F2NO3. The first-order chi connectivity index (χ1) is 8.43. The molecular weight excluding hydrogens is 244 g/mol. The fraction of sp³-hybridized carbons (Fsp3) is 0.417. The van der Waals surface area contributed by atoms with E-state index in [1.807, 2.05) is 0 Å². The van der Waals surface area contributed by atoms with Crippen LogP contribution in [0.5, 0.6) is 11.5 Å². The molecule has 0 unspecified atom stereocenters. The van der Waals surface area contributed by atoms with Crippen LogP contribution >= 0.6 is 0 Å². The van der Waals surface area contributed by atoms with Crippen molar-refractivity contribution in [2.45, 2.75) is 19.4 Å². The number of alkyl halides is 2. The van der Waals surface area contributed by atoms with E-state index in [2.05, 4.69) is 4.99 Å². The molecule has 0 fully saturated rings. The highest BCUT2D eigenvalue weighted by Gasteiger charge is 2.31. The molecule has 0 atom stereocenters. The van der Waals surface area contributed by atoms with Crippen LogP contribution in [-0.4, -0.2) is 20.3 Å². The van der Waals surface area contributed by atoms with E-state index in [1.54, 1.807) is 0 Å². The molecule has 0 spiro atoms. The summed E-state index contributed by atoms with van der Waals surface area (Å²) in [6.45, 7) is 0.726. The van der Waals surface area contributed by atoms with Crippen LogP contribution < -0.4 is 9.47 Å². The molecule has 4 nitrogen and oxygen atoms in total. The molecule has 1 aromatic rings. The number of ether oxygens (including phenoxy) is 2. The normalized spacial score (nSPS) is 10.7. The molecule has 1 aromatic carbocycles. The van der Waals surface area contributed by atoms with Gasteiger partial charge < -0.3 is 9.47 Å². The molecule has 0 radical (unpaired) electrons. The third kappa shape index (κ3) is 3.05. The maximum absolute atomic E-state index is 13.5. The molecule has 0 aliphatic heterocycles. The molecule has 0 amide bonds. The number of hydrogen-bond acceptors (Lipinski definition) is 4. The van der Waals surface area contributed by atoms with Crippen LogP contribution in [0.25, 0.3) is 0 Å². The monoisotopic (exact) mass is 257 g/mol. The number of benzene rings is 1. The SMILES string of the molecule is COc1cc(CN=C=O)cc(C(C)(F)F)c1OC. The van der Waals surface area contributed by atoms with Crippen LogP contribution in [0.4, 0.5) is 8.78 Å². The van der Waals surface area contributed by atoms with Gasteiger partial charge >= 0.3 is 0 Å². The number of nitrogens with zero attached hydrogens (tertiary/aromatic N) is 1. The second kappa shape index (κ2) is 5.60. The van der Waals surface area contributed by atoms with Gasteiger partial charge in [-0.05, 0) is 17.7 Å². The van der Waals surface area contributed by atoms with Gasteiger partial charge in [0.15, 0.2) is 11.5 Å². The number of rotatable bonds is 5. The summed E-state index contributed by atoms with van der Waals surface area (Å²) < 4.78 is 36.9. The lowest BCUT2D eigenvalue weighted by Crippen LogP contribution is -2.11. The van der Waals surface area contributed by atoms with Crippen molar-refractivity contribution in [3.8, 4) is 11.5 Å². The lowest BCUT2D eigenvalue weighted by molar-refractivity contribution is 0.0146. The molecule has 0 aromatic heterocycles. The Hall–Kier alpha value is -1.94. The van der Waals surface area contributed by atoms with Gasteiger partial charge in [-0.15, -0.1) is 0 Å². The largest absolute Gasteiger partial charge is 0.493 e. The van der Waals surface area contributed by atoms with Gasteiger partial charge in [-0.1, -0.05) is 0 Å². The second-order valence-corrected chi connectivity index (χ2v) is 3.67. The Kier molecular flexibility index (Phi) is 4.39. The first kappa shape index (κ1) is 14.1. The van der Waals surface area contributed by atoms with Crippen molar-refractivity contribution in [3.63, 3.8) is 0 Å². The van der Waals surface area contributed by atoms with Gasteiger partial charge in [0.1, 0.15) is 0 Å². The Labute approximate surface area is 103 Å². The zero-order valence-electron chi connectivity index (χ0n) is 10.3. The van der Waals surface area contributed by atoms with Gasteiger partial charge in [0.05, 0.1) is 26.3 Å². The maximum Gasteiger partial charge on any atom is 0.274 e. The molecule has 0 heterocycles. The number of isocyanates is 1. The Morgan fingerprint density at radius 3 is 2.44 bits per heavy atom. The summed E-state index contributed by atoms with van der Waals surface area (Å²) in [7, 11) is 2.64.